The van der Waals surface area contributed by atoms with Crippen molar-refractivity contribution in [2.45, 2.75) is 45.8 Å². The normalized spacial score (nSPS) is 16.2. The Morgan fingerprint density at radius 1 is 1.29 bits per heavy atom. The Morgan fingerprint density at radius 3 is 2.50 bits per heavy atom. The molecule has 10 heteroatoms. The summed E-state index contributed by atoms with van der Waals surface area (Å²) in [4.78, 5) is 30.6. The van der Waals surface area contributed by atoms with Crippen molar-refractivity contribution in [2.24, 2.45) is 5.73 Å². The maximum absolute atomic E-state index is 12.6. The SMILES string of the molecule is CC.CC1CCC(c2cc(=O)c3c(C(N)=O)nccc3[nH]2)O1.CO.COc1cccc(F)c1Cl. The molecule has 1 aromatic carbocycles. The van der Waals surface area contributed by atoms with Gasteiger partial charge in [0.2, 0.25) is 0 Å². The van der Waals surface area contributed by atoms with Crippen molar-refractivity contribution in [1.82, 2.24) is 9.97 Å². The maximum Gasteiger partial charge on any atom is 0.268 e. The van der Waals surface area contributed by atoms with E-state index in [4.69, 9.17) is 31.9 Å². The van der Waals surface area contributed by atoms with E-state index in [2.05, 4.69) is 9.97 Å². The van der Waals surface area contributed by atoms with Gasteiger partial charge in [-0.05, 0) is 38.0 Å². The molecule has 0 saturated carbocycles. The lowest BCUT2D eigenvalue weighted by molar-refractivity contribution is 0.0532. The molecule has 3 heterocycles. The monoisotopic (exact) mass is 495 g/mol. The number of aromatic amines is 1. The van der Waals surface area contributed by atoms with Gasteiger partial charge >= 0.3 is 0 Å². The number of carbonyl (C=O) groups excluding carboxylic acids is 1. The highest BCUT2D eigenvalue weighted by atomic mass is 35.5. The molecule has 0 bridgehead atoms. The molecule has 2 unspecified atom stereocenters. The van der Waals surface area contributed by atoms with E-state index < -0.39 is 11.7 Å². The van der Waals surface area contributed by atoms with E-state index in [1.165, 1.54) is 25.4 Å². The fraction of sp³-hybridized carbons (Fsp3) is 0.375. The number of methoxy groups -OCH3 is 1. The molecule has 1 amide bonds. The van der Waals surface area contributed by atoms with Crippen LogP contribution in [0.2, 0.25) is 5.02 Å². The summed E-state index contributed by atoms with van der Waals surface area (Å²) >= 11 is 5.49. The average molecular weight is 496 g/mol. The number of carbonyl (C=O) groups is 1. The van der Waals surface area contributed by atoms with Gasteiger partial charge in [-0.3, -0.25) is 14.6 Å². The fourth-order valence-corrected chi connectivity index (χ4v) is 3.46. The highest BCUT2D eigenvalue weighted by Crippen LogP contribution is 2.31. The van der Waals surface area contributed by atoms with Crippen molar-refractivity contribution < 1.29 is 23.8 Å². The summed E-state index contributed by atoms with van der Waals surface area (Å²) in [6, 6.07) is 7.56. The van der Waals surface area contributed by atoms with E-state index in [9.17, 15) is 14.0 Å². The summed E-state index contributed by atoms with van der Waals surface area (Å²) in [6.07, 6.45) is 3.38. The minimum Gasteiger partial charge on any atom is -0.495 e. The molecule has 1 saturated heterocycles. The predicted molar refractivity (Wildman–Crippen MR) is 131 cm³/mol. The molecule has 34 heavy (non-hydrogen) atoms. The summed E-state index contributed by atoms with van der Waals surface area (Å²) in [5.41, 5.74) is 6.26. The molecule has 1 aliphatic rings. The molecule has 3 aromatic rings. The Hall–Kier alpha value is -3.01. The van der Waals surface area contributed by atoms with Crippen LogP contribution in [-0.2, 0) is 4.74 Å². The van der Waals surface area contributed by atoms with Crippen LogP contribution in [0.1, 0.15) is 55.9 Å². The molecular formula is C24H31ClFN3O5. The first kappa shape index (κ1) is 29.0. The molecule has 2 atom stereocenters. The highest BCUT2D eigenvalue weighted by molar-refractivity contribution is 6.32. The molecule has 186 valence electrons. The van der Waals surface area contributed by atoms with Crippen molar-refractivity contribution in [2.75, 3.05) is 14.2 Å². The minimum absolute atomic E-state index is 0.00370. The van der Waals surface area contributed by atoms with Crippen LogP contribution >= 0.6 is 11.6 Å². The van der Waals surface area contributed by atoms with Crippen molar-refractivity contribution in [3.05, 3.63) is 69.0 Å². The van der Waals surface area contributed by atoms with Gasteiger partial charge in [0.05, 0.1) is 30.2 Å². The first-order chi connectivity index (χ1) is 16.3. The third kappa shape index (κ3) is 7.24. The summed E-state index contributed by atoms with van der Waals surface area (Å²) < 4.78 is 23.1. The third-order valence-electron chi connectivity index (χ3n) is 4.71. The van der Waals surface area contributed by atoms with Gasteiger partial charge in [-0.2, -0.15) is 0 Å². The van der Waals surface area contributed by atoms with Crippen LogP contribution in [0.4, 0.5) is 4.39 Å². The number of nitrogens with two attached hydrogens (primary N) is 1. The van der Waals surface area contributed by atoms with Gasteiger partial charge in [-0.1, -0.05) is 31.5 Å². The first-order valence-electron chi connectivity index (χ1n) is 10.7. The fourth-order valence-electron chi connectivity index (χ4n) is 3.25. The molecule has 1 aliphatic heterocycles. The van der Waals surface area contributed by atoms with Crippen LogP contribution in [0.25, 0.3) is 10.9 Å². The van der Waals surface area contributed by atoms with Crippen LogP contribution in [0.3, 0.4) is 0 Å². The number of hydrogen-bond donors (Lipinski definition) is 3. The average Bonchev–Trinajstić information content (AvgIpc) is 3.29. The number of nitrogens with one attached hydrogen (secondary N) is 1. The van der Waals surface area contributed by atoms with Gasteiger partial charge in [0.1, 0.15) is 22.3 Å². The van der Waals surface area contributed by atoms with Crippen molar-refractivity contribution in [1.29, 1.82) is 0 Å². The summed E-state index contributed by atoms with van der Waals surface area (Å²) in [5.74, 6) is -0.803. The maximum atomic E-state index is 12.6. The molecule has 8 nitrogen and oxygen atoms in total. The van der Waals surface area contributed by atoms with Gasteiger partial charge < -0.3 is 25.3 Å². The Morgan fingerprint density at radius 2 is 1.97 bits per heavy atom. The molecule has 4 rings (SSSR count). The lowest BCUT2D eigenvalue weighted by Crippen LogP contribution is -2.18. The zero-order chi connectivity index (χ0) is 25.8. The second-order valence-corrected chi connectivity index (χ2v) is 7.18. The molecule has 0 spiro atoms. The number of fused-ring (bicyclic) bond motifs is 1. The van der Waals surface area contributed by atoms with Gasteiger partial charge in [0.15, 0.2) is 5.43 Å². The number of ether oxygens (including phenoxy) is 2. The predicted octanol–water partition coefficient (Wildman–Crippen LogP) is 4.38. The van der Waals surface area contributed by atoms with Crippen LogP contribution in [-0.4, -0.2) is 41.3 Å². The summed E-state index contributed by atoms with van der Waals surface area (Å²) in [6.45, 7) is 6.01. The van der Waals surface area contributed by atoms with E-state index >= 15 is 0 Å². The van der Waals surface area contributed by atoms with E-state index in [0.29, 0.717) is 11.3 Å². The van der Waals surface area contributed by atoms with Crippen LogP contribution in [0, 0.1) is 5.82 Å². The Balaban J connectivity index is 0.000000349. The summed E-state index contributed by atoms with van der Waals surface area (Å²) in [5, 5.41) is 7.26. The topological polar surface area (TPSA) is 128 Å². The number of amides is 1. The second kappa shape index (κ2) is 14.3. The quantitative estimate of drug-likeness (QED) is 0.494. The Kier molecular flexibility index (Phi) is 12.2. The number of aromatic nitrogens is 2. The molecule has 0 radical (unpaired) electrons. The number of halogens is 2. The second-order valence-electron chi connectivity index (χ2n) is 6.80. The van der Waals surface area contributed by atoms with Crippen molar-refractivity contribution >= 4 is 28.4 Å². The third-order valence-corrected chi connectivity index (χ3v) is 5.08. The molecular weight excluding hydrogens is 465 g/mol. The van der Waals surface area contributed by atoms with Crippen LogP contribution in [0.5, 0.6) is 5.75 Å². The van der Waals surface area contributed by atoms with E-state index in [1.807, 2.05) is 20.8 Å². The van der Waals surface area contributed by atoms with Crippen molar-refractivity contribution in [3.8, 4) is 5.75 Å². The van der Waals surface area contributed by atoms with Gasteiger partial charge in [0, 0.05) is 25.1 Å². The zero-order valence-corrected chi connectivity index (χ0v) is 20.6. The summed E-state index contributed by atoms with van der Waals surface area (Å²) in [7, 11) is 2.45. The number of H-pyrrole nitrogens is 1. The van der Waals surface area contributed by atoms with Crippen molar-refractivity contribution in [3.63, 3.8) is 0 Å². The van der Waals surface area contributed by atoms with E-state index in [0.717, 1.165) is 25.6 Å². The number of hydrogen-bond acceptors (Lipinski definition) is 6. The number of pyridine rings is 2. The minimum atomic E-state index is -0.709. The van der Waals surface area contributed by atoms with Gasteiger partial charge in [-0.25, -0.2) is 4.39 Å². The Labute approximate surface area is 202 Å². The lowest BCUT2D eigenvalue weighted by Gasteiger charge is -2.12. The molecule has 4 N–H and O–H groups in total. The van der Waals surface area contributed by atoms with Gasteiger partial charge in [0.25, 0.3) is 5.91 Å². The lowest BCUT2D eigenvalue weighted by atomic mass is 10.1. The van der Waals surface area contributed by atoms with E-state index in [1.54, 1.807) is 18.2 Å². The number of rotatable bonds is 3. The molecule has 1 fully saturated rings. The zero-order valence-electron chi connectivity index (χ0n) is 19.9. The number of aliphatic hydroxyl groups excluding tert-OH is 1. The number of aliphatic hydroxyl groups is 1. The number of primary amides is 1. The molecule has 0 aliphatic carbocycles. The van der Waals surface area contributed by atoms with Gasteiger partial charge in [-0.15, -0.1) is 0 Å². The van der Waals surface area contributed by atoms with Crippen LogP contribution in [0.15, 0.2) is 41.3 Å². The van der Waals surface area contributed by atoms with E-state index in [-0.39, 0.29) is 33.7 Å². The Bertz CT molecular complexity index is 1140. The number of nitrogens with zero attached hydrogens (tertiary/aromatic N) is 1. The van der Waals surface area contributed by atoms with Crippen LogP contribution < -0.4 is 15.9 Å². The number of benzene rings is 1. The molecule has 2 aromatic heterocycles. The standard InChI is InChI=1S/C14H15N3O3.C7H6ClFO.C2H6.CH4O/c1-7-2-3-11(20-7)9-6-10(18)12-8(17-9)4-5-16-13(12)14(15)19;1-10-6-4-2-3-5(9)7(6)8;2*1-2/h4-7,11H,2-3H2,1H3,(H2,15,19)(H,17,18);2-4H,1H3;1-2H3;2H,1H3. The highest BCUT2D eigenvalue weighted by Gasteiger charge is 2.25. The first-order valence-corrected chi connectivity index (χ1v) is 11.1. The largest absolute Gasteiger partial charge is 0.495 e. The smallest absolute Gasteiger partial charge is 0.268 e.